The Balaban J connectivity index is 1.47. The lowest BCUT2D eigenvalue weighted by atomic mass is 10.00. The highest BCUT2D eigenvalue weighted by Crippen LogP contribution is 2.29. The van der Waals surface area contributed by atoms with Crippen molar-refractivity contribution in [1.82, 2.24) is 10.2 Å². The van der Waals surface area contributed by atoms with E-state index in [0.29, 0.717) is 18.2 Å². The lowest BCUT2D eigenvalue weighted by Crippen LogP contribution is -2.49. The molecule has 1 fully saturated rings. The van der Waals surface area contributed by atoms with Crippen LogP contribution in [0, 0.1) is 5.82 Å². The Morgan fingerprint density at radius 2 is 1.94 bits per heavy atom. The number of carbonyl (C=O) groups excluding carboxylic acids is 1. The second kappa shape index (κ2) is 12.0. The van der Waals surface area contributed by atoms with Gasteiger partial charge in [0.15, 0.2) is 0 Å². The number of esters is 1. The van der Waals surface area contributed by atoms with Crippen LogP contribution in [0.15, 0.2) is 42.5 Å². The van der Waals surface area contributed by atoms with E-state index >= 15 is 0 Å². The summed E-state index contributed by atoms with van der Waals surface area (Å²) in [6.07, 6.45) is 1.96. The summed E-state index contributed by atoms with van der Waals surface area (Å²) in [4.78, 5) is 14.3. The van der Waals surface area contributed by atoms with E-state index in [2.05, 4.69) is 22.3 Å². The number of nitrogens with one attached hydrogen (secondary N) is 1. The minimum atomic E-state index is -1.17. The van der Waals surface area contributed by atoms with Gasteiger partial charge in [-0.25, -0.2) is 4.39 Å². The van der Waals surface area contributed by atoms with Crippen LogP contribution >= 0.6 is 11.6 Å². The van der Waals surface area contributed by atoms with E-state index in [-0.39, 0.29) is 12.4 Å². The molecule has 8 heteroatoms. The Hall–Kier alpha value is -2.19. The largest absolute Gasteiger partial charge is 0.490 e. The van der Waals surface area contributed by atoms with Gasteiger partial charge in [0.2, 0.25) is 0 Å². The van der Waals surface area contributed by atoms with Crippen molar-refractivity contribution in [2.75, 3.05) is 33.4 Å². The summed E-state index contributed by atoms with van der Waals surface area (Å²) in [5, 5.41) is 15.0. The van der Waals surface area contributed by atoms with E-state index in [9.17, 15) is 14.3 Å². The Kier molecular flexibility index (Phi) is 9.31. The van der Waals surface area contributed by atoms with Crippen LogP contribution in [0.2, 0.25) is 5.02 Å². The number of halogens is 2. The fourth-order valence-corrected chi connectivity index (χ4v) is 4.21. The highest BCUT2D eigenvalue weighted by atomic mass is 35.5. The van der Waals surface area contributed by atoms with Gasteiger partial charge in [0.05, 0.1) is 13.0 Å². The molecule has 1 aliphatic heterocycles. The predicted octanol–water partition coefficient (Wildman–Crippen LogP) is 4.14. The quantitative estimate of drug-likeness (QED) is 0.486. The molecular formula is C26H34ClFN2O4. The molecule has 186 valence electrons. The summed E-state index contributed by atoms with van der Waals surface area (Å²) in [7, 11) is 1.31. The molecule has 0 spiro atoms. The van der Waals surface area contributed by atoms with Crippen LogP contribution in [0.4, 0.5) is 4.39 Å². The normalized spacial score (nSPS) is 17.7. The number of aliphatic hydroxyl groups is 1. The van der Waals surface area contributed by atoms with Crippen molar-refractivity contribution in [2.45, 2.75) is 50.8 Å². The SMILES string of the molecule is COC(=O)C(C)c1ccc(F)cc1OC[C@@](C)(O)CNC1CCN(Cc2ccc(Cl)cc2)CC1. The van der Waals surface area contributed by atoms with Crippen LogP contribution in [0.1, 0.15) is 43.7 Å². The molecule has 2 atom stereocenters. The highest BCUT2D eigenvalue weighted by molar-refractivity contribution is 6.30. The molecule has 0 amide bonds. The Bertz CT molecular complexity index is 946. The summed E-state index contributed by atoms with van der Waals surface area (Å²) in [6.45, 7) is 6.48. The van der Waals surface area contributed by atoms with Gasteiger partial charge < -0.3 is 19.9 Å². The third-order valence-electron chi connectivity index (χ3n) is 6.21. The molecular weight excluding hydrogens is 459 g/mol. The van der Waals surface area contributed by atoms with Crippen LogP contribution in [0.5, 0.6) is 5.75 Å². The van der Waals surface area contributed by atoms with Crippen LogP contribution < -0.4 is 10.1 Å². The van der Waals surface area contributed by atoms with Gasteiger partial charge in [-0.2, -0.15) is 0 Å². The number of ether oxygens (including phenoxy) is 2. The van der Waals surface area contributed by atoms with Crippen molar-refractivity contribution >= 4 is 17.6 Å². The van der Waals surface area contributed by atoms with Gasteiger partial charge >= 0.3 is 5.97 Å². The zero-order valence-corrected chi connectivity index (χ0v) is 20.8. The second-order valence-electron chi connectivity index (χ2n) is 9.27. The van der Waals surface area contributed by atoms with Gasteiger partial charge in [-0.05, 0) is 63.5 Å². The maximum atomic E-state index is 13.8. The molecule has 6 nitrogen and oxygen atoms in total. The van der Waals surface area contributed by atoms with Crippen LogP contribution in [-0.4, -0.2) is 61.0 Å². The number of methoxy groups -OCH3 is 1. The molecule has 0 radical (unpaired) electrons. The Morgan fingerprint density at radius 3 is 2.59 bits per heavy atom. The van der Waals surface area contributed by atoms with Crippen molar-refractivity contribution < 1.29 is 23.8 Å². The lowest BCUT2D eigenvalue weighted by molar-refractivity contribution is -0.142. The summed E-state index contributed by atoms with van der Waals surface area (Å²) >= 11 is 5.96. The van der Waals surface area contributed by atoms with Crippen molar-refractivity contribution in [1.29, 1.82) is 0 Å². The number of carbonyl (C=O) groups is 1. The number of rotatable bonds is 10. The number of benzene rings is 2. The third kappa shape index (κ3) is 7.67. The first-order chi connectivity index (χ1) is 16.2. The summed E-state index contributed by atoms with van der Waals surface area (Å²) in [5.41, 5.74) is 0.595. The maximum absolute atomic E-state index is 13.8. The maximum Gasteiger partial charge on any atom is 0.312 e. The number of hydrogen-bond donors (Lipinski definition) is 2. The Morgan fingerprint density at radius 1 is 1.26 bits per heavy atom. The van der Waals surface area contributed by atoms with Gasteiger partial charge in [-0.3, -0.25) is 9.69 Å². The fraction of sp³-hybridized carbons (Fsp3) is 0.500. The number of piperidine rings is 1. The van der Waals surface area contributed by atoms with Gasteiger partial charge in [0.1, 0.15) is 23.8 Å². The summed E-state index contributed by atoms with van der Waals surface area (Å²) in [6, 6.07) is 12.3. The average Bonchev–Trinajstić information content (AvgIpc) is 2.83. The first-order valence-electron chi connectivity index (χ1n) is 11.6. The molecule has 0 bridgehead atoms. The van der Waals surface area contributed by atoms with E-state index in [4.69, 9.17) is 21.1 Å². The lowest BCUT2D eigenvalue weighted by Gasteiger charge is -2.34. The van der Waals surface area contributed by atoms with Crippen LogP contribution in [-0.2, 0) is 16.1 Å². The minimum Gasteiger partial charge on any atom is -0.490 e. The van der Waals surface area contributed by atoms with Gasteiger partial charge in [0, 0.05) is 35.8 Å². The van der Waals surface area contributed by atoms with Crippen molar-refractivity contribution in [3.8, 4) is 5.75 Å². The van der Waals surface area contributed by atoms with E-state index < -0.39 is 23.3 Å². The molecule has 2 N–H and O–H groups in total. The number of hydrogen-bond acceptors (Lipinski definition) is 6. The number of likely N-dealkylation sites (tertiary alicyclic amines) is 1. The first-order valence-corrected chi connectivity index (χ1v) is 12.0. The van der Waals surface area contributed by atoms with Crippen molar-refractivity contribution in [2.24, 2.45) is 0 Å². The molecule has 3 rings (SSSR count). The van der Waals surface area contributed by atoms with E-state index in [1.807, 2.05) is 12.1 Å². The zero-order valence-electron chi connectivity index (χ0n) is 20.0. The standard InChI is InChI=1S/C26H34ClFN2O4/c1-18(25(31)33-3)23-9-8-21(28)14-24(23)34-17-26(2,32)16-29-22-10-12-30(13-11-22)15-19-4-6-20(27)7-5-19/h4-9,14,18,22,29,32H,10-13,15-17H2,1-3H3/t18?,26-/m0/s1. The minimum absolute atomic E-state index is 0.0419. The molecule has 0 saturated carbocycles. The average molecular weight is 493 g/mol. The third-order valence-corrected chi connectivity index (χ3v) is 6.47. The second-order valence-corrected chi connectivity index (χ2v) is 9.71. The summed E-state index contributed by atoms with van der Waals surface area (Å²) < 4.78 is 24.4. The van der Waals surface area contributed by atoms with Gasteiger partial charge in [0.25, 0.3) is 0 Å². The highest BCUT2D eigenvalue weighted by Gasteiger charge is 2.27. The predicted molar refractivity (Wildman–Crippen MR) is 131 cm³/mol. The van der Waals surface area contributed by atoms with E-state index in [0.717, 1.165) is 37.5 Å². The molecule has 2 aromatic carbocycles. The van der Waals surface area contributed by atoms with Crippen LogP contribution in [0.25, 0.3) is 0 Å². The van der Waals surface area contributed by atoms with Gasteiger partial charge in [-0.1, -0.05) is 29.8 Å². The van der Waals surface area contributed by atoms with Gasteiger partial charge in [-0.15, -0.1) is 0 Å². The van der Waals surface area contributed by atoms with Crippen LogP contribution in [0.3, 0.4) is 0 Å². The fourth-order valence-electron chi connectivity index (χ4n) is 4.09. The summed E-state index contributed by atoms with van der Waals surface area (Å²) in [5.74, 6) is -1.29. The smallest absolute Gasteiger partial charge is 0.312 e. The van der Waals surface area contributed by atoms with E-state index in [1.165, 1.54) is 30.9 Å². The molecule has 2 aromatic rings. The number of nitrogens with zero attached hydrogens (tertiary/aromatic N) is 1. The monoisotopic (exact) mass is 492 g/mol. The van der Waals surface area contributed by atoms with Crippen molar-refractivity contribution in [3.05, 3.63) is 64.4 Å². The topological polar surface area (TPSA) is 71.0 Å². The first kappa shape index (κ1) is 26.4. The van der Waals surface area contributed by atoms with Crippen molar-refractivity contribution in [3.63, 3.8) is 0 Å². The molecule has 0 aromatic heterocycles. The molecule has 1 saturated heterocycles. The molecule has 1 unspecified atom stereocenters. The molecule has 1 heterocycles. The zero-order chi connectivity index (χ0) is 24.7. The molecule has 0 aliphatic carbocycles. The molecule has 1 aliphatic rings. The van der Waals surface area contributed by atoms with E-state index in [1.54, 1.807) is 13.8 Å². The molecule has 34 heavy (non-hydrogen) atoms. The Labute approximate surface area is 206 Å².